The number of halogens is 1. The van der Waals surface area contributed by atoms with E-state index in [1.54, 1.807) is 19.1 Å². The van der Waals surface area contributed by atoms with Crippen molar-refractivity contribution in [3.8, 4) is 5.75 Å². The highest BCUT2D eigenvalue weighted by Crippen LogP contribution is 2.21. The first-order valence-corrected chi connectivity index (χ1v) is 4.92. The molecule has 0 aromatic heterocycles. The van der Waals surface area contributed by atoms with E-state index in [0.29, 0.717) is 5.56 Å². The molecular formula is C10H11BrO2. The number of phenols is 1. The number of rotatable bonds is 2. The molecule has 0 aliphatic heterocycles. The van der Waals surface area contributed by atoms with Gasteiger partial charge in [-0.2, -0.15) is 0 Å². The Kier molecular flexibility index (Phi) is 3.09. The van der Waals surface area contributed by atoms with E-state index in [1.807, 2.05) is 6.92 Å². The van der Waals surface area contributed by atoms with Gasteiger partial charge in [0.2, 0.25) is 0 Å². The SMILES string of the molecule is Cc1ccc(O)c(C(=O)C(C)Br)c1. The van der Waals surface area contributed by atoms with Gasteiger partial charge >= 0.3 is 0 Å². The number of Topliss-reactive ketones (excluding diaryl/α,β-unsaturated/α-hetero) is 1. The summed E-state index contributed by atoms with van der Waals surface area (Å²) in [6.07, 6.45) is 0. The number of aromatic hydroxyl groups is 1. The molecule has 1 N–H and O–H groups in total. The summed E-state index contributed by atoms with van der Waals surface area (Å²) in [6, 6.07) is 5.00. The molecule has 2 nitrogen and oxygen atoms in total. The molecule has 1 aromatic rings. The monoisotopic (exact) mass is 242 g/mol. The second-order valence-electron chi connectivity index (χ2n) is 3.00. The topological polar surface area (TPSA) is 37.3 Å². The van der Waals surface area contributed by atoms with E-state index in [1.165, 1.54) is 6.07 Å². The fourth-order valence-electron chi connectivity index (χ4n) is 1.06. The Bertz CT molecular complexity index is 332. The van der Waals surface area contributed by atoms with Crippen LogP contribution in [0.1, 0.15) is 22.8 Å². The molecule has 1 rings (SSSR count). The summed E-state index contributed by atoms with van der Waals surface area (Å²) in [5, 5.41) is 9.41. The van der Waals surface area contributed by atoms with Gasteiger partial charge in [-0.1, -0.05) is 27.6 Å². The first-order valence-electron chi connectivity index (χ1n) is 4.00. The van der Waals surface area contributed by atoms with Crippen LogP contribution in [0, 0.1) is 6.92 Å². The molecule has 0 aliphatic carbocycles. The minimum atomic E-state index is -0.264. The van der Waals surface area contributed by atoms with Gasteiger partial charge in [-0.25, -0.2) is 0 Å². The van der Waals surface area contributed by atoms with Gasteiger partial charge in [0, 0.05) is 0 Å². The molecule has 0 heterocycles. The molecule has 0 spiro atoms. The number of hydrogen-bond acceptors (Lipinski definition) is 2. The standard InChI is InChI=1S/C10H11BrO2/c1-6-3-4-9(12)8(5-6)10(13)7(2)11/h3-5,7,12H,1-2H3. The molecule has 0 saturated heterocycles. The summed E-state index contributed by atoms with van der Waals surface area (Å²) in [4.78, 5) is 11.2. The normalized spacial score (nSPS) is 12.5. The maximum absolute atomic E-state index is 11.5. The van der Waals surface area contributed by atoms with E-state index in [9.17, 15) is 9.90 Å². The van der Waals surface area contributed by atoms with Crippen molar-refractivity contribution >= 4 is 21.7 Å². The maximum atomic E-state index is 11.5. The van der Waals surface area contributed by atoms with Crippen LogP contribution in [-0.4, -0.2) is 15.7 Å². The van der Waals surface area contributed by atoms with Crippen LogP contribution in [-0.2, 0) is 0 Å². The number of benzene rings is 1. The van der Waals surface area contributed by atoms with E-state index in [2.05, 4.69) is 15.9 Å². The number of carbonyl (C=O) groups is 1. The lowest BCUT2D eigenvalue weighted by atomic mass is 10.1. The highest BCUT2D eigenvalue weighted by Gasteiger charge is 2.15. The predicted molar refractivity (Wildman–Crippen MR) is 55.6 cm³/mol. The Morgan fingerprint density at radius 1 is 1.54 bits per heavy atom. The molecule has 1 atom stereocenters. The van der Waals surface area contributed by atoms with Crippen LogP contribution in [0.2, 0.25) is 0 Å². The van der Waals surface area contributed by atoms with Gasteiger partial charge in [0.15, 0.2) is 5.78 Å². The Hall–Kier alpha value is -0.830. The van der Waals surface area contributed by atoms with Gasteiger partial charge in [-0.15, -0.1) is 0 Å². The first kappa shape index (κ1) is 10.3. The highest BCUT2D eigenvalue weighted by molar-refractivity contribution is 9.10. The lowest BCUT2D eigenvalue weighted by Gasteiger charge is -2.05. The van der Waals surface area contributed by atoms with Crippen LogP contribution in [0.5, 0.6) is 5.75 Å². The maximum Gasteiger partial charge on any atom is 0.179 e. The average Bonchev–Trinajstić information content (AvgIpc) is 2.08. The Labute approximate surface area is 85.7 Å². The quantitative estimate of drug-likeness (QED) is 0.640. The number of carbonyl (C=O) groups excluding carboxylic acids is 1. The Balaban J connectivity index is 3.13. The third-order valence-electron chi connectivity index (χ3n) is 1.78. The average molecular weight is 243 g/mol. The number of hydrogen-bond donors (Lipinski definition) is 1. The lowest BCUT2D eigenvalue weighted by molar-refractivity contribution is 0.0993. The van der Waals surface area contributed by atoms with Gasteiger partial charge in [-0.3, -0.25) is 4.79 Å². The summed E-state index contributed by atoms with van der Waals surface area (Å²) < 4.78 is 0. The summed E-state index contributed by atoms with van der Waals surface area (Å²) in [6.45, 7) is 3.62. The zero-order valence-electron chi connectivity index (χ0n) is 7.54. The third-order valence-corrected chi connectivity index (χ3v) is 2.19. The molecule has 3 heteroatoms. The van der Waals surface area contributed by atoms with Crippen molar-refractivity contribution in [2.24, 2.45) is 0 Å². The second-order valence-corrected chi connectivity index (χ2v) is 4.37. The van der Waals surface area contributed by atoms with Gasteiger partial charge in [0.1, 0.15) is 5.75 Å². The largest absolute Gasteiger partial charge is 0.507 e. The Morgan fingerprint density at radius 2 is 2.15 bits per heavy atom. The summed E-state index contributed by atoms with van der Waals surface area (Å²) in [5.41, 5.74) is 1.35. The van der Waals surface area contributed by atoms with Gasteiger partial charge in [-0.05, 0) is 26.0 Å². The summed E-state index contributed by atoms with van der Waals surface area (Å²) in [7, 11) is 0. The van der Waals surface area contributed by atoms with Crippen LogP contribution in [0.3, 0.4) is 0 Å². The van der Waals surface area contributed by atoms with E-state index < -0.39 is 0 Å². The molecule has 13 heavy (non-hydrogen) atoms. The minimum absolute atomic E-state index is 0.0434. The van der Waals surface area contributed by atoms with E-state index in [-0.39, 0.29) is 16.4 Å². The molecule has 0 aliphatic rings. The first-order chi connectivity index (χ1) is 6.02. The fourth-order valence-corrected chi connectivity index (χ4v) is 1.31. The minimum Gasteiger partial charge on any atom is -0.507 e. The number of aryl methyl sites for hydroxylation is 1. The van der Waals surface area contributed by atoms with E-state index in [0.717, 1.165) is 5.56 Å². The zero-order chi connectivity index (χ0) is 10.0. The van der Waals surface area contributed by atoms with Crippen molar-refractivity contribution < 1.29 is 9.90 Å². The molecule has 0 amide bonds. The third kappa shape index (κ3) is 2.31. The van der Waals surface area contributed by atoms with Crippen molar-refractivity contribution in [2.45, 2.75) is 18.7 Å². The number of ketones is 1. The van der Waals surface area contributed by atoms with Crippen LogP contribution in [0.4, 0.5) is 0 Å². The fraction of sp³-hybridized carbons (Fsp3) is 0.300. The molecule has 70 valence electrons. The van der Waals surface area contributed by atoms with Crippen molar-refractivity contribution in [3.63, 3.8) is 0 Å². The van der Waals surface area contributed by atoms with E-state index >= 15 is 0 Å². The summed E-state index contributed by atoms with van der Waals surface area (Å²) in [5.74, 6) is -0.0527. The molecule has 0 saturated carbocycles. The summed E-state index contributed by atoms with van der Waals surface area (Å²) >= 11 is 3.17. The number of phenolic OH excluding ortho intramolecular Hbond substituents is 1. The van der Waals surface area contributed by atoms with Crippen molar-refractivity contribution in [3.05, 3.63) is 29.3 Å². The zero-order valence-corrected chi connectivity index (χ0v) is 9.13. The molecule has 0 radical (unpaired) electrons. The van der Waals surface area contributed by atoms with Crippen LogP contribution in [0.25, 0.3) is 0 Å². The molecule has 0 bridgehead atoms. The highest BCUT2D eigenvalue weighted by atomic mass is 79.9. The number of alkyl halides is 1. The van der Waals surface area contributed by atoms with Crippen molar-refractivity contribution in [2.75, 3.05) is 0 Å². The van der Waals surface area contributed by atoms with E-state index in [4.69, 9.17) is 0 Å². The lowest BCUT2D eigenvalue weighted by Crippen LogP contribution is -2.10. The van der Waals surface area contributed by atoms with Gasteiger partial charge < -0.3 is 5.11 Å². The van der Waals surface area contributed by atoms with Crippen LogP contribution < -0.4 is 0 Å². The van der Waals surface area contributed by atoms with Crippen LogP contribution >= 0.6 is 15.9 Å². The Morgan fingerprint density at radius 3 is 2.69 bits per heavy atom. The smallest absolute Gasteiger partial charge is 0.179 e. The van der Waals surface area contributed by atoms with Crippen molar-refractivity contribution in [1.29, 1.82) is 0 Å². The van der Waals surface area contributed by atoms with Crippen LogP contribution in [0.15, 0.2) is 18.2 Å². The van der Waals surface area contributed by atoms with Gasteiger partial charge in [0.25, 0.3) is 0 Å². The molecule has 1 unspecified atom stereocenters. The predicted octanol–water partition coefficient (Wildman–Crippen LogP) is 2.67. The van der Waals surface area contributed by atoms with Crippen molar-refractivity contribution in [1.82, 2.24) is 0 Å². The second kappa shape index (κ2) is 3.92. The molecule has 0 fully saturated rings. The molecular weight excluding hydrogens is 232 g/mol. The van der Waals surface area contributed by atoms with Gasteiger partial charge in [0.05, 0.1) is 10.4 Å². The molecule has 1 aromatic carbocycles.